The van der Waals surface area contributed by atoms with Crippen LogP contribution in [0.15, 0.2) is 71.7 Å². The number of nitrogens with one attached hydrogen (secondary N) is 1. The molecule has 1 aliphatic rings. The van der Waals surface area contributed by atoms with Gasteiger partial charge in [-0.05, 0) is 52.9 Å². The summed E-state index contributed by atoms with van der Waals surface area (Å²) in [5.41, 5.74) is 11.2. The van der Waals surface area contributed by atoms with Crippen LogP contribution in [0, 0.1) is 0 Å². The smallest absolute Gasteiger partial charge is 0.303 e. The van der Waals surface area contributed by atoms with Gasteiger partial charge in [0, 0.05) is 23.7 Å². The highest BCUT2D eigenvalue weighted by molar-refractivity contribution is 6.31. The van der Waals surface area contributed by atoms with Gasteiger partial charge in [-0.15, -0.1) is 0 Å². The van der Waals surface area contributed by atoms with Gasteiger partial charge in [-0.3, -0.25) is 14.6 Å². The van der Waals surface area contributed by atoms with E-state index in [1.54, 1.807) is 12.1 Å². The van der Waals surface area contributed by atoms with Gasteiger partial charge in [0.1, 0.15) is 5.92 Å². The zero-order valence-corrected chi connectivity index (χ0v) is 18.0. The average molecular weight is 448 g/mol. The van der Waals surface area contributed by atoms with E-state index < -0.39 is 11.9 Å². The maximum absolute atomic E-state index is 13.0. The van der Waals surface area contributed by atoms with Crippen molar-refractivity contribution in [1.82, 2.24) is 0 Å². The third-order valence-corrected chi connectivity index (χ3v) is 5.65. The number of carboxylic acids is 1. The van der Waals surface area contributed by atoms with E-state index in [1.807, 2.05) is 54.6 Å². The number of nitrogens with zero attached hydrogens (tertiary/aromatic N) is 1. The molecule has 0 aliphatic carbocycles. The van der Waals surface area contributed by atoms with E-state index in [4.69, 9.17) is 27.4 Å². The number of fused-ring (bicyclic) bond motifs is 1. The molecule has 1 unspecified atom stereocenters. The normalized spacial score (nSPS) is 15.4. The Morgan fingerprint density at radius 3 is 2.38 bits per heavy atom. The van der Waals surface area contributed by atoms with Gasteiger partial charge in [-0.2, -0.15) is 0 Å². The molecule has 7 heteroatoms. The van der Waals surface area contributed by atoms with E-state index in [2.05, 4.69) is 5.32 Å². The number of benzene rings is 3. The molecule has 0 radical (unpaired) electrons. The average Bonchev–Trinajstić information content (AvgIpc) is 3.11. The van der Waals surface area contributed by atoms with Gasteiger partial charge < -0.3 is 16.2 Å². The summed E-state index contributed by atoms with van der Waals surface area (Å²) in [5, 5.41) is 12.4. The summed E-state index contributed by atoms with van der Waals surface area (Å²) < 4.78 is 0. The SMILES string of the molecule is NCc1ccc(N=C(c2ccc(CCC(=O)O)cc2)C2C(=O)Nc3cc(Cl)ccc32)cc1. The van der Waals surface area contributed by atoms with Crippen molar-refractivity contribution in [3.8, 4) is 0 Å². The van der Waals surface area contributed by atoms with E-state index in [0.29, 0.717) is 35.1 Å². The van der Waals surface area contributed by atoms with Crippen molar-refractivity contribution in [3.63, 3.8) is 0 Å². The molecule has 0 spiro atoms. The maximum atomic E-state index is 13.0. The van der Waals surface area contributed by atoms with E-state index in [9.17, 15) is 9.59 Å². The van der Waals surface area contributed by atoms with E-state index >= 15 is 0 Å². The van der Waals surface area contributed by atoms with E-state index in [-0.39, 0.29) is 12.3 Å². The number of aryl methyl sites for hydroxylation is 1. The van der Waals surface area contributed by atoms with Crippen LogP contribution < -0.4 is 11.1 Å². The third kappa shape index (κ3) is 4.72. The lowest BCUT2D eigenvalue weighted by Gasteiger charge is -2.15. The number of nitrogens with two attached hydrogens (primary N) is 1. The van der Waals surface area contributed by atoms with Crippen LogP contribution in [0.4, 0.5) is 11.4 Å². The number of hydrogen-bond acceptors (Lipinski definition) is 4. The number of carbonyl (C=O) groups is 2. The minimum atomic E-state index is -0.838. The molecule has 3 aromatic carbocycles. The fraction of sp³-hybridized carbons (Fsp3) is 0.160. The number of aliphatic imine (C=N–C) groups is 1. The maximum Gasteiger partial charge on any atom is 0.303 e. The van der Waals surface area contributed by atoms with Crippen molar-refractivity contribution in [2.24, 2.45) is 10.7 Å². The van der Waals surface area contributed by atoms with Crippen LogP contribution >= 0.6 is 11.6 Å². The van der Waals surface area contributed by atoms with Crippen LogP contribution in [0.25, 0.3) is 0 Å². The molecule has 6 nitrogen and oxygen atoms in total. The van der Waals surface area contributed by atoms with Crippen LogP contribution in [-0.4, -0.2) is 22.7 Å². The predicted molar refractivity (Wildman–Crippen MR) is 126 cm³/mol. The van der Waals surface area contributed by atoms with Crippen LogP contribution in [0.5, 0.6) is 0 Å². The Labute approximate surface area is 190 Å². The van der Waals surface area contributed by atoms with Crippen LogP contribution in [0.3, 0.4) is 0 Å². The largest absolute Gasteiger partial charge is 0.481 e. The molecular formula is C25H22ClN3O3. The Kier molecular flexibility index (Phi) is 6.35. The van der Waals surface area contributed by atoms with Crippen molar-refractivity contribution >= 4 is 40.6 Å². The molecule has 0 aromatic heterocycles. The Morgan fingerprint density at radius 2 is 1.72 bits per heavy atom. The summed E-state index contributed by atoms with van der Waals surface area (Å²) in [4.78, 5) is 28.7. The fourth-order valence-corrected chi connectivity index (χ4v) is 3.91. The first-order chi connectivity index (χ1) is 15.4. The molecule has 1 heterocycles. The van der Waals surface area contributed by atoms with Gasteiger partial charge in [0.2, 0.25) is 5.91 Å². The van der Waals surface area contributed by atoms with Crippen molar-refractivity contribution in [2.45, 2.75) is 25.3 Å². The van der Waals surface area contributed by atoms with Crippen molar-refractivity contribution in [3.05, 3.63) is 94.0 Å². The highest BCUT2D eigenvalue weighted by Crippen LogP contribution is 2.37. The summed E-state index contributed by atoms with van der Waals surface area (Å²) in [6.07, 6.45) is 0.501. The number of carbonyl (C=O) groups excluding carboxylic acids is 1. The molecule has 0 saturated heterocycles. The number of rotatable bonds is 7. The van der Waals surface area contributed by atoms with Gasteiger partial charge in [0.25, 0.3) is 0 Å². The molecule has 32 heavy (non-hydrogen) atoms. The Morgan fingerprint density at radius 1 is 1.03 bits per heavy atom. The van der Waals surface area contributed by atoms with Gasteiger partial charge in [0.05, 0.1) is 11.4 Å². The number of hydrogen-bond donors (Lipinski definition) is 3. The molecule has 162 valence electrons. The number of amides is 1. The van der Waals surface area contributed by atoms with E-state index in [0.717, 1.165) is 22.3 Å². The lowest BCUT2D eigenvalue weighted by molar-refractivity contribution is -0.137. The number of anilines is 1. The monoisotopic (exact) mass is 447 g/mol. The zero-order valence-electron chi connectivity index (χ0n) is 17.2. The van der Waals surface area contributed by atoms with Crippen LogP contribution in [-0.2, 0) is 22.6 Å². The summed E-state index contributed by atoms with van der Waals surface area (Å²) in [5.74, 6) is -1.61. The summed E-state index contributed by atoms with van der Waals surface area (Å²) in [7, 11) is 0. The van der Waals surface area contributed by atoms with E-state index in [1.165, 1.54) is 0 Å². The Balaban J connectivity index is 1.76. The number of carboxylic acid groups (broad SMARTS) is 1. The summed E-state index contributed by atoms with van der Waals surface area (Å²) in [6.45, 7) is 0.438. The minimum absolute atomic E-state index is 0.0625. The highest BCUT2D eigenvalue weighted by Gasteiger charge is 2.35. The first-order valence-electron chi connectivity index (χ1n) is 10.2. The molecule has 1 aliphatic heterocycles. The first kappa shape index (κ1) is 21.7. The number of halogens is 1. The highest BCUT2D eigenvalue weighted by atomic mass is 35.5. The molecule has 3 aromatic rings. The molecule has 4 N–H and O–H groups in total. The zero-order chi connectivity index (χ0) is 22.7. The fourth-order valence-electron chi connectivity index (χ4n) is 3.74. The second-order valence-corrected chi connectivity index (χ2v) is 8.05. The van der Waals surface area contributed by atoms with Crippen molar-refractivity contribution < 1.29 is 14.7 Å². The van der Waals surface area contributed by atoms with Crippen LogP contribution in [0.2, 0.25) is 5.02 Å². The molecule has 0 saturated carbocycles. The first-order valence-corrected chi connectivity index (χ1v) is 10.6. The van der Waals surface area contributed by atoms with Crippen LogP contribution in [0.1, 0.15) is 34.6 Å². The van der Waals surface area contributed by atoms with Gasteiger partial charge >= 0.3 is 5.97 Å². The van der Waals surface area contributed by atoms with Crippen molar-refractivity contribution in [2.75, 3.05) is 5.32 Å². The Bertz CT molecular complexity index is 1190. The molecule has 0 fully saturated rings. The predicted octanol–water partition coefficient (Wildman–Crippen LogP) is 4.67. The topological polar surface area (TPSA) is 105 Å². The van der Waals surface area contributed by atoms with Gasteiger partial charge in [-0.25, -0.2) is 0 Å². The summed E-state index contributed by atoms with van der Waals surface area (Å²) >= 11 is 6.11. The third-order valence-electron chi connectivity index (χ3n) is 5.42. The molecule has 1 amide bonds. The second kappa shape index (κ2) is 9.34. The molecule has 4 rings (SSSR count). The summed E-state index contributed by atoms with van der Waals surface area (Å²) in [6, 6.07) is 20.4. The quantitative estimate of drug-likeness (QED) is 0.457. The molecular weight excluding hydrogens is 426 g/mol. The lowest BCUT2D eigenvalue weighted by Crippen LogP contribution is -2.22. The second-order valence-electron chi connectivity index (χ2n) is 7.61. The van der Waals surface area contributed by atoms with Gasteiger partial charge in [0.15, 0.2) is 0 Å². The molecule has 0 bridgehead atoms. The lowest BCUT2D eigenvalue weighted by atomic mass is 9.90. The van der Waals surface area contributed by atoms with Gasteiger partial charge in [-0.1, -0.05) is 54.1 Å². The number of aliphatic carboxylic acids is 1. The standard InChI is InChI=1S/C25H22ClN3O3/c26-18-8-11-20-21(13-18)29-25(32)23(20)24(28-19-9-3-16(14-27)4-10-19)17-6-1-15(2-7-17)5-12-22(30)31/h1-4,6-11,13,23H,5,12,14,27H2,(H,29,32)(H,30,31). The minimum Gasteiger partial charge on any atom is -0.481 e. The van der Waals surface area contributed by atoms with Crippen molar-refractivity contribution in [1.29, 1.82) is 0 Å². The Hall–Kier alpha value is -3.48. The molecule has 1 atom stereocenters.